The third kappa shape index (κ3) is 5.55. The quantitative estimate of drug-likeness (QED) is 0.384. The molecule has 0 aliphatic rings. The summed E-state index contributed by atoms with van der Waals surface area (Å²) < 4.78 is 10.1. The van der Waals surface area contributed by atoms with E-state index in [1.54, 1.807) is 12.1 Å². The van der Waals surface area contributed by atoms with E-state index in [1.807, 2.05) is 6.07 Å². The van der Waals surface area contributed by atoms with Crippen molar-refractivity contribution in [3.63, 3.8) is 0 Å². The van der Waals surface area contributed by atoms with Crippen LogP contribution < -0.4 is 0 Å². The van der Waals surface area contributed by atoms with Crippen molar-refractivity contribution in [1.29, 1.82) is 5.26 Å². The maximum atomic E-state index is 12.3. The van der Waals surface area contributed by atoms with Crippen molar-refractivity contribution in [3.8, 4) is 6.07 Å². The van der Waals surface area contributed by atoms with Crippen molar-refractivity contribution in [2.75, 3.05) is 13.2 Å². The van der Waals surface area contributed by atoms with E-state index in [1.165, 1.54) is 17.2 Å². The molecule has 2 rings (SSSR count). The number of benzene rings is 1. The third-order valence-corrected chi connectivity index (χ3v) is 3.81. The molecule has 2 aromatic rings. The summed E-state index contributed by atoms with van der Waals surface area (Å²) in [5, 5.41) is 19.5. The Morgan fingerprint density at radius 3 is 2.78 bits per heavy atom. The molecule has 1 aromatic heterocycles. The highest BCUT2D eigenvalue weighted by atomic mass is 35.5. The smallest absolute Gasteiger partial charge is 0.340 e. The molecule has 0 radical (unpaired) electrons. The Bertz CT molecular complexity index is 875. The number of furan rings is 1. The number of hydrogen-bond donors (Lipinski definition) is 0. The molecular formula is C17H14ClN3O6. The van der Waals surface area contributed by atoms with Gasteiger partial charge in [0.1, 0.15) is 5.76 Å². The van der Waals surface area contributed by atoms with Crippen LogP contribution in [0.4, 0.5) is 5.69 Å². The predicted octanol–water partition coefficient (Wildman–Crippen LogP) is 2.94. The van der Waals surface area contributed by atoms with E-state index in [-0.39, 0.29) is 35.8 Å². The highest BCUT2D eigenvalue weighted by molar-refractivity contribution is 6.33. The van der Waals surface area contributed by atoms with Crippen LogP contribution in [0, 0.1) is 21.4 Å². The molecule has 0 spiro atoms. The van der Waals surface area contributed by atoms with Crippen LogP contribution in [0.2, 0.25) is 5.02 Å². The number of nitro groups is 1. The minimum atomic E-state index is -0.963. The molecule has 27 heavy (non-hydrogen) atoms. The average Bonchev–Trinajstić information content (AvgIpc) is 3.16. The molecule has 0 saturated heterocycles. The summed E-state index contributed by atoms with van der Waals surface area (Å²) in [5.74, 6) is -0.999. The number of nitrogens with zero attached hydrogens (tertiary/aromatic N) is 3. The summed E-state index contributed by atoms with van der Waals surface area (Å²) in [6.45, 7) is -0.363. The molecule has 0 bridgehead atoms. The first-order chi connectivity index (χ1) is 12.9. The van der Waals surface area contributed by atoms with Gasteiger partial charge in [0.2, 0.25) is 0 Å². The summed E-state index contributed by atoms with van der Waals surface area (Å²) in [6, 6.07) is 8.59. The van der Waals surface area contributed by atoms with Crippen molar-refractivity contribution in [1.82, 2.24) is 4.90 Å². The first-order valence-electron chi connectivity index (χ1n) is 7.70. The molecule has 1 amide bonds. The van der Waals surface area contributed by atoms with Crippen LogP contribution in [0.1, 0.15) is 22.5 Å². The fourth-order valence-corrected chi connectivity index (χ4v) is 2.34. The number of hydrogen-bond acceptors (Lipinski definition) is 7. The topological polar surface area (TPSA) is 127 Å². The lowest BCUT2D eigenvalue weighted by Gasteiger charge is -2.20. The van der Waals surface area contributed by atoms with Gasteiger partial charge in [-0.1, -0.05) is 11.6 Å². The first kappa shape index (κ1) is 19.9. The molecular weight excluding hydrogens is 378 g/mol. The second-order valence-corrected chi connectivity index (χ2v) is 5.71. The van der Waals surface area contributed by atoms with Crippen LogP contribution in [-0.2, 0) is 16.1 Å². The van der Waals surface area contributed by atoms with E-state index in [0.717, 1.165) is 12.1 Å². The summed E-state index contributed by atoms with van der Waals surface area (Å²) in [4.78, 5) is 35.9. The zero-order valence-corrected chi connectivity index (χ0v) is 14.7. The van der Waals surface area contributed by atoms with Crippen LogP contribution in [-0.4, -0.2) is 34.9 Å². The van der Waals surface area contributed by atoms with Crippen molar-refractivity contribution >= 4 is 29.2 Å². The second kappa shape index (κ2) is 9.35. The molecule has 0 fully saturated rings. The minimum Gasteiger partial charge on any atom is -0.467 e. The molecule has 140 valence electrons. The Morgan fingerprint density at radius 2 is 2.15 bits per heavy atom. The third-order valence-electron chi connectivity index (χ3n) is 3.48. The van der Waals surface area contributed by atoms with E-state index >= 15 is 0 Å². The van der Waals surface area contributed by atoms with Gasteiger partial charge in [0, 0.05) is 18.7 Å². The fourth-order valence-electron chi connectivity index (χ4n) is 2.15. The van der Waals surface area contributed by atoms with Gasteiger partial charge in [-0.3, -0.25) is 14.9 Å². The SMILES string of the molecule is N#CCCN(Cc1ccco1)C(=O)COC(=O)c1cc([N+](=O)[O-])ccc1Cl. The molecule has 0 aliphatic heterocycles. The lowest BCUT2D eigenvalue weighted by atomic mass is 10.2. The number of esters is 1. The van der Waals surface area contributed by atoms with Crippen molar-refractivity contribution < 1.29 is 23.7 Å². The van der Waals surface area contributed by atoms with Gasteiger partial charge in [0.05, 0.1) is 40.8 Å². The van der Waals surface area contributed by atoms with E-state index in [9.17, 15) is 19.7 Å². The highest BCUT2D eigenvalue weighted by Crippen LogP contribution is 2.22. The molecule has 0 saturated carbocycles. The normalized spacial score (nSPS) is 10.1. The average molecular weight is 392 g/mol. The lowest BCUT2D eigenvalue weighted by molar-refractivity contribution is -0.384. The van der Waals surface area contributed by atoms with Gasteiger partial charge in [-0.05, 0) is 18.2 Å². The Morgan fingerprint density at radius 1 is 1.37 bits per heavy atom. The second-order valence-electron chi connectivity index (χ2n) is 5.30. The number of carbonyl (C=O) groups is 2. The molecule has 0 atom stereocenters. The van der Waals surface area contributed by atoms with Crippen LogP contribution >= 0.6 is 11.6 Å². The summed E-state index contributed by atoms with van der Waals surface area (Å²) in [7, 11) is 0. The molecule has 1 heterocycles. The minimum absolute atomic E-state index is 0.0324. The number of amides is 1. The van der Waals surface area contributed by atoms with E-state index in [0.29, 0.717) is 5.76 Å². The molecule has 0 unspecified atom stereocenters. The number of halogens is 1. The predicted molar refractivity (Wildman–Crippen MR) is 92.7 cm³/mol. The Hall–Kier alpha value is -3.38. The van der Waals surface area contributed by atoms with Crippen LogP contribution in [0.5, 0.6) is 0 Å². The van der Waals surface area contributed by atoms with Gasteiger partial charge >= 0.3 is 5.97 Å². The Balaban J connectivity index is 2.03. The lowest BCUT2D eigenvalue weighted by Crippen LogP contribution is -2.35. The van der Waals surface area contributed by atoms with Gasteiger partial charge in [0.15, 0.2) is 6.61 Å². The number of nitro benzene ring substituents is 1. The van der Waals surface area contributed by atoms with Crippen molar-refractivity contribution in [3.05, 3.63) is 63.1 Å². The first-order valence-corrected chi connectivity index (χ1v) is 8.08. The number of rotatable bonds is 8. The molecule has 1 aromatic carbocycles. The Labute approximate surface area is 158 Å². The largest absolute Gasteiger partial charge is 0.467 e. The van der Waals surface area contributed by atoms with Gasteiger partial charge in [-0.2, -0.15) is 5.26 Å². The monoisotopic (exact) mass is 391 g/mol. The van der Waals surface area contributed by atoms with E-state index in [4.69, 9.17) is 26.0 Å². The van der Waals surface area contributed by atoms with Crippen LogP contribution in [0.15, 0.2) is 41.0 Å². The van der Waals surface area contributed by atoms with Gasteiger partial charge in [-0.25, -0.2) is 4.79 Å². The maximum Gasteiger partial charge on any atom is 0.340 e. The zero-order valence-electron chi connectivity index (χ0n) is 14.0. The van der Waals surface area contributed by atoms with Crippen LogP contribution in [0.25, 0.3) is 0 Å². The summed E-state index contributed by atoms with van der Waals surface area (Å²) >= 11 is 5.87. The van der Waals surface area contributed by atoms with E-state index < -0.39 is 23.4 Å². The number of non-ortho nitro benzene ring substituents is 1. The molecule has 0 N–H and O–H groups in total. The van der Waals surface area contributed by atoms with Gasteiger partial charge in [-0.15, -0.1) is 0 Å². The standard InChI is InChI=1S/C17H14ClN3O6/c18-15-5-4-12(21(24)25)9-14(15)17(23)27-11-16(22)20(7-2-6-19)10-13-3-1-8-26-13/h1,3-5,8-9H,2,7,10-11H2. The highest BCUT2D eigenvalue weighted by Gasteiger charge is 2.21. The van der Waals surface area contributed by atoms with Crippen molar-refractivity contribution in [2.45, 2.75) is 13.0 Å². The summed E-state index contributed by atoms with van der Waals surface area (Å²) in [6.07, 6.45) is 1.55. The van der Waals surface area contributed by atoms with Crippen LogP contribution in [0.3, 0.4) is 0 Å². The van der Waals surface area contributed by atoms with Gasteiger partial charge < -0.3 is 14.1 Å². The fraction of sp³-hybridized carbons (Fsp3) is 0.235. The Kier molecular flexibility index (Phi) is 6.91. The molecule has 10 heteroatoms. The number of nitriles is 1. The molecule has 0 aliphatic carbocycles. The molecule has 9 nitrogen and oxygen atoms in total. The number of carbonyl (C=O) groups excluding carboxylic acids is 2. The maximum absolute atomic E-state index is 12.3. The van der Waals surface area contributed by atoms with E-state index in [2.05, 4.69) is 0 Å². The van der Waals surface area contributed by atoms with Crippen molar-refractivity contribution in [2.24, 2.45) is 0 Å². The summed E-state index contributed by atoms with van der Waals surface area (Å²) in [5.41, 5.74) is -0.542. The van der Waals surface area contributed by atoms with Gasteiger partial charge in [0.25, 0.3) is 11.6 Å². The zero-order chi connectivity index (χ0) is 19.8. The number of ether oxygens (including phenoxy) is 1.